The highest BCUT2D eigenvalue weighted by atomic mass is 16.4. The van der Waals surface area contributed by atoms with Crippen molar-refractivity contribution in [2.75, 3.05) is 7.05 Å². The Hall–Kier alpha value is -1.35. The molecule has 1 aromatic rings. The smallest absolute Gasteiger partial charge is 0.335 e. The first-order valence-electron chi connectivity index (χ1n) is 7.11. The maximum Gasteiger partial charge on any atom is 0.335 e. The van der Waals surface area contributed by atoms with Crippen molar-refractivity contribution in [1.82, 2.24) is 4.90 Å². The molecular weight excluding hydrogens is 238 g/mol. The molecule has 1 aliphatic carbocycles. The summed E-state index contributed by atoms with van der Waals surface area (Å²) in [6.45, 7) is 2.91. The van der Waals surface area contributed by atoms with Crippen LogP contribution in [0.25, 0.3) is 0 Å². The molecule has 0 atom stereocenters. The molecule has 0 heterocycles. The van der Waals surface area contributed by atoms with Crippen LogP contribution in [0, 0.1) is 6.92 Å². The van der Waals surface area contributed by atoms with Crippen LogP contribution in [-0.4, -0.2) is 29.1 Å². The van der Waals surface area contributed by atoms with Gasteiger partial charge in [0, 0.05) is 12.6 Å². The van der Waals surface area contributed by atoms with Gasteiger partial charge in [0.05, 0.1) is 5.56 Å². The second-order valence-corrected chi connectivity index (χ2v) is 5.65. The van der Waals surface area contributed by atoms with Gasteiger partial charge in [-0.25, -0.2) is 4.79 Å². The van der Waals surface area contributed by atoms with Gasteiger partial charge < -0.3 is 5.11 Å². The standard InChI is InChI=1S/C16H23NO2/c1-12-10-13(16(18)19)8-9-14(12)11-17(2)15-6-4-3-5-7-15/h8-10,15H,3-7,11H2,1-2H3,(H,18,19). The van der Waals surface area contributed by atoms with Crippen LogP contribution in [0.2, 0.25) is 0 Å². The molecule has 1 aromatic carbocycles. The molecular formula is C16H23NO2. The van der Waals surface area contributed by atoms with Crippen molar-refractivity contribution >= 4 is 5.97 Å². The van der Waals surface area contributed by atoms with E-state index >= 15 is 0 Å². The molecule has 1 saturated carbocycles. The van der Waals surface area contributed by atoms with Crippen LogP contribution in [0.1, 0.15) is 53.6 Å². The van der Waals surface area contributed by atoms with Crippen molar-refractivity contribution in [3.05, 3.63) is 34.9 Å². The largest absolute Gasteiger partial charge is 0.478 e. The van der Waals surface area contributed by atoms with E-state index in [0.717, 1.165) is 12.1 Å². The Bertz CT molecular complexity index is 450. The maximum absolute atomic E-state index is 10.9. The molecule has 0 saturated heterocycles. The molecule has 19 heavy (non-hydrogen) atoms. The highest BCUT2D eigenvalue weighted by Gasteiger charge is 2.18. The van der Waals surface area contributed by atoms with E-state index in [9.17, 15) is 4.79 Å². The Morgan fingerprint density at radius 2 is 2.00 bits per heavy atom. The number of carbonyl (C=O) groups is 1. The van der Waals surface area contributed by atoms with Crippen molar-refractivity contribution in [2.45, 2.75) is 51.6 Å². The predicted octanol–water partition coefficient (Wildman–Crippen LogP) is 3.46. The van der Waals surface area contributed by atoms with Crippen molar-refractivity contribution in [3.63, 3.8) is 0 Å². The van der Waals surface area contributed by atoms with Crippen molar-refractivity contribution in [3.8, 4) is 0 Å². The van der Waals surface area contributed by atoms with Gasteiger partial charge in [0.1, 0.15) is 0 Å². The van der Waals surface area contributed by atoms with E-state index in [0.29, 0.717) is 11.6 Å². The summed E-state index contributed by atoms with van der Waals surface area (Å²) in [5.41, 5.74) is 2.68. The van der Waals surface area contributed by atoms with E-state index in [1.807, 2.05) is 13.0 Å². The summed E-state index contributed by atoms with van der Waals surface area (Å²) in [5.74, 6) is -0.852. The van der Waals surface area contributed by atoms with Gasteiger partial charge in [-0.1, -0.05) is 25.3 Å². The predicted molar refractivity (Wildman–Crippen MR) is 76.5 cm³/mol. The summed E-state index contributed by atoms with van der Waals surface area (Å²) < 4.78 is 0. The lowest BCUT2D eigenvalue weighted by atomic mass is 9.94. The molecule has 3 heteroatoms. The lowest BCUT2D eigenvalue weighted by Gasteiger charge is -2.31. The monoisotopic (exact) mass is 261 g/mol. The van der Waals surface area contributed by atoms with E-state index in [4.69, 9.17) is 5.11 Å². The molecule has 0 bridgehead atoms. The maximum atomic E-state index is 10.9. The fourth-order valence-corrected chi connectivity index (χ4v) is 2.93. The van der Waals surface area contributed by atoms with Gasteiger partial charge in [-0.15, -0.1) is 0 Å². The zero-order valence-electron chi connectivity index (χ0n) is 11.9. The second kappa shape index (κ2) is 6.20. The third-order valence-electron chi connectivity index (χ3n) is 4.21. The van der Waals surface area contributed by atoms with E-state index in [1.165, 1.54) is 37.7 Å². The van der Waals surface area contributed by atoms with Crippen molar-refractivity contribution in [2.24, 2.45) is 0 Å². The first-order valence-corrected chi connectivity index (χ1v) is 7.11. The number of carboxylic acids is 1. The molecule has 104 valence electrons. The zero-order chi connectivity index (χ0) is 13.8. The molecule has 0 spiro atoms. The summed E-state index contributed by atoms with van der Waals surface area (Å²) in [7, 11) is 2.18. The molecule has 1 fully saturated rings. The summed E-state index contributed by atoms with van der Waals surface area (Å²) in [6, 6.07) is 6.12. The van der Waals surface area contributed by atoms with Crippen LogP contribution in [0.5, 0.6) is 0 Å². The fourth-order valence-electron chi connectivity index (χ4n) is 2.93. The summed E-state index contributed by atoms with van der Waals surface area (Å²) in [5, 5.41) is 8.98. The van der Waals surface area contributed by atoms with Crippen molar-refractivity contribution in [1.29, 1.82) is 0 Å². The Morgan fingerprint density at radius 1 is 1.32 bits per heavy atom. The van der Waals surface area contributed by atoms with Gasteiger partial charge in [0.25, 0.3) is 0 Å². The van der Waals surface area contributed by atoms with Crippen LogP contribution < -0.4 is 0 Å². The Balaban J connectivity index is 2.03. The number of carboxylic acid groups (broad SMARTS) is 1. The third kappa shape index (κ3) is 3.57. The SMILES string of the molecule is Cc1cc(C(=O)O)ccc1CN(C)C1CCCCC1. The number of aryl methyl sites for hydroxylation is 1. The lowest BCUT2D eigenvalue weighted by molar-refractivity contribution is 0.0696. The Morgan fingerprint density at radius 3 is 2.58 bits per heavy atom. The summed E-state index contributed by atoms with van der Waals surface area (Å²) in [4.78, 5) is 13.3. The number of hydrogen-bond donors (Lipinski definition) is 1. The van der Waals surface area contributed by atoms with Crippen LogP contribution in [0.15, 0.2) is 18.2 Å². The molecule has 0 amide bonds. The van der Waals surface area contributed by atoms with Gasteiger partial charge in [-0.3, -0.25) is 4.90 Å². The van der Waals surface area contributed by atoms with Crippen LogP contribution in [0.4, 0.5) is 0 Å². The van der Waals surface area contributed by atoms with Gasteiger partial charge in [-0.2, -0.15) is 0 Å². The number of aromatic carboxylic acids is 1. The third-order valence-corrected chi connectivity index (χ3v) is 4.21. The second-order valence-electron chi connectivity index (χ2n) is 5.65. The average molecular weight is 261 g/mol. The molecule has 0 aromatic heterocycles. The molecule has 2 rings (SSSR count). The van der Waals surface area contributed by atoms with Crippen LogP contribution in [0.3, 0.4) is 0 Å². The molecule has 3 nitrogen and oxygen atoms in total. The number of benzene rings is 1. The first-order chi connectivity index (χ1) is 9.08. The van der Waals surface area contributed by atoms with Crippen LogP contribution >= 0.6 is 0 Å². The van der Waals surface area contributed by atoms with E-state index in [-0.39, 0.29) is 0 Å². The molecule has 1 N–H and O–H groups in total. The minimum atomic E-state index is -0.852. The lowest BCUT2D eigenvalue weighted by Crippen LogP contribution is -2.33. The molecule has 0 unspecified atom stereocenters. The van der Waals surface area contributed by atoms with Gasteiger partial charge >= 0.3 is 5.97 Å². The summed E-state index contributed by atoms with van der Waals surface area (Å²) in [6.07, 6.45) is 6.64. The van der Waals surface area contributed by atoms with Gasteiger partial charge in [0.2, 0.25) is 0 Å². The Kier molecular flexibility index (Phi) is 4.59. The highest BCUT2D eigenvalue weighted by molar-refractivity contribution is 5.87. The molecule has 0 radical (unpaired) electrons. The highest BCUT2D eigenvalue weighted by Crippen LogP contribution is 2.23. The minimum Gasteiger partial charge on any atom is -0.478 e. The zero-order valence-corrected chi connectivity index (χ0v) is 11.9. The minimum absolute atomic E-state index is 0.376. The number of hydrogen-bond acceptors (Lipinski definition) is 2. The van der Waals surface area contributed by atoms with E-state index in [2.05, 4.69) is 11.9 Å². The topological polar surface area (TPSA) is 40.5 Å². The molecule has 0 aliphatic heterocycles. The normalized spacial score (nSPS) is 16.8. The van der Waals surface area contributed by atoms with E-state index < -0.39 is 5.97 Å². The average Bonchev–Trinajstić information content (AvgIpc) is 2.41. The van der Waals surface area contributed by atoms with E-state index in [1.54, 1.807) is 12.1 Å². The van der Waals surface area contributed by atoms with Gasteiger partial charge in [-0.05, 0) is 50.1 Å². The number of nitrogens with zero attached hydrogens (tertiary/aromatic N) is 1. The molecule has 1 aliphatic rings. The first kappa shape index (κ1) is 14.1. The van der Waals surface area contributed by atoms with Crippen LogP contribution in [-0.2, 0) is 6.54 Å². The Labute approximate surface area is 115 Å². The fraction of sp³-hybridized carbons (Fsp3) is 0.562. The number of rotatable bonds is 4. The van der Waals surface area contributed by atoms with Gasteiger partial charge in [0.15, 0.2) is 0 Å². The summed E-state index contributed by atoms with van der Waals surface area (Å²) >= 11 is 0. The van der Waals surface area contributed by atoms with Crippen molar-refractivity contribution < 1.29 is 9.90 Å². The quantitative estimate of drug-likeness (QED) is 0.902.